The van der Waals surface area contributed by atoms with Gasteiger partial charge in [0.15, 0.2) is 0 Å². The van der Waals surface area contributed by atoms with Crippen LogP contribution in [0, 0.1) is 0 Å². The molecule has 2 N–H and O–H groups in total. The maximum atomic E-state index is 5.31. The molecule has 0 aliphatic carbocycles. The van der Waals surface area contributed by atoms with Gasteiger partial charge in [-0.1, -0.05) is 39.2 Å². The lowest BCUT2D eigenvalue weighted by Gasteiger charge is -1.93. The highest BCUT2D eigenvalue weighted by Gasteiger charge is 1.83. The Balaban J connectivity index is 0. The van der Waals surface area contributed by atoms with Crippen LogP contribution in [0.3, 0.4) is 0 Å². The summed E-state index contributed by atoms with van der Waals surface area (Å²) in [6.07, 6.45) is 3.51. The molecular formula is C9H17N. The summed E-state index contributed by atoms with van der Waals surface area (Å²) in [4.78, 5) is 0. The minimum absolute atomic E-state index is 0.602. The number of allylic oxidation sites excluding steroid dienone is 3. The van der Waals surface area contributed by atoms with Crippen molar-refractivity contribution in [3.05, 3.63) is 36.6 Å². The Hall–Kier alpha value is -0.980. The molecule has 0 atom stereocenters. The van der Waals surface area contributed by atoms with E-state index in [1.54, 1.807) is 6.08 Å². The van der Waals surface area contributed by atoms with Gasteiger partial charge in [0, 0.05) is 5.70 Å². The van der Waals surface area contributed by atoms with Crippen LogP contribution in [0.15, 0.2) is 36.6 Å². The van der Waals surface area contributed by atoms with Crippen molar-refractivity contribution in [3.63, 3.8) is 0 Å². The van der Waals surface area contributed by atoms with Crippen LogP contribution in [-0.2, 0) is 0 Å². The van der Waals surface area contributed by atoms with Gasteiger partial charge in [-0.2, -0.15) is 0 Å². The SMILES string of the molecule is C=C/C=C(/C)C(=C)N.CC. The molecule has 0 aromatic carbocycles. The highest BCUT2D eigenvalue weighted by atomic mass is 14.6. The van der Waals surface area contributed by atoms with Crippen LogP contribution in [0.1, 0.15) is 20.8 Å². The maximum absolute atomic E-state index is 5.31. The molecule has 0 amide bonds. The van der Waals surface area contributed by atoms with Crippen molar-refractivity contribution in [2.24, 2.45) is 5.73 Å². The van der Waals surface area contributed by atoms with E-state index in [0.29, 0.717) is 5.70 Å². The molecular weight excluding hydrogens is 122 g/mol. The minimum atomic E-state index is 0.602. The van der Waals surface area contributed by atoms with E-state index in [2.05, 4.69) is 13.2 Å². The van der Waals surface area contributed by atoms with E-state index in [1.807, 2.05) is 26.8 Å². The monoisotopic (exact) mass is 139 g/mol. The first-order valence-corrected chi connectivity index (χ1v) is 3.42. The van der Waals surface area contributed by atoms with Gasteiger partial charge in [0.05, 0.1) is 0 Å². The molecule has 1 heteroatoms. The van der Waals surface area contributed by atoms with Crippen LogP contribution in [0.4, 0.5) is 0 Å². The molecule has 0 aliphatic heterocycles. The molecule has 0 spiro atoms. The topological polar surface area (TPSA) is 26.0 Å². The summed E-state index contributed by atoms with van der Waals surface area (Å²) in [5, 5.41) is 0. The van der Waals surface area contributed by atoms with Gasteiger partial charge in [-0.05, 0) is 12.5 Å². The lowest BCUT2D eigenvalue weighted by atomic mass is 10.2. The average Bonchev–Trinajstić information content (AvgIpc) is 1.93. The van der Waals surface area contributed by atoms with E-state index in [0.717, 1.165) is 5.57 Å². The molecule has 58 valence electrons. The molecule has 0 aromatic rings. The first-order valence-electron chi connectivity index (χ1n) is 3.42. The third-order valence-corrected chi connectivity index (χ3v) is 0.874. The highest BCUT2D eigenvalue weighted by Crippen LogP contribution is 1.97. The zero-order chi connectivity index (χ0) is 8.57. The number of rotatable bonds is 2. The van der Waals surface area contributed by atoms with Crippen LogP contribution in [0.5, 0.6) is 0 Å². The van der Waals surface area contributed by atoms with Gasteiger partial charge in [0.1, 0.15) is 0 Å². The molecule has 0 rings (SSSR count). The van der Waals surface area contributed by atoms with Crippen LogP contribution >= 0.6 is 0 Å². The predicted molar refractivity (Wildman–Crippen MR) is 48.6 cm³/mol. The fourth-order valence-corrected chi connectivity index (χ4v) is 0.284. The van der Waals surface area contributed by atoms with Crippen molar-refractivity contribution in [2.45, 2.75) is 20.8 Å². The van der Waals surface area contributed by atoms with E-state index in [4.69, 9.17) is 5.73 Å². The fraction of sp³-hybridized carbons (Fsp3) is 0.333. The van der Waals surface area contributed by atoms with Crippen LogP contribution in [-0.4, -0.2) is 0 Å². The molecule has 1 nitrogen and oxygen atoms in total. The van der Waals surface area contributed by atoms with Crippen LogP contribution in [0.25, 0.3) is 0 Å². The fourth-order valence-electron chi connectivity index (χ4n) is 0.284. The molecule has 0 unspecified atom stereocenters. The summed E-state index contributed by atoms with van der Waals surface area (Å²) in [5.41, 5.74) is 6.89. The summed E-state index contributed by atoms with van der Waals surface area (Å²) in [6.45, 7) is 12.9. The van der Waals surface area contributed by atoms with Crippen molar-refractivity contribution >= 4 is 0 Å². The van der Waals surface area contributed by atoms with Gasteiger partial charge in [0.25, 0.3) is 0 Å². The minimum Gasteiger partial charge on any atom is -0.399 e. The van der Waals surface area contributed by atoms with E-state index >= 15 is 0 Å². The van der Waals surface area contributed by atoms with Gasteiger partial charge in [-0.3, -0.25) is 0 Å². The number of hydrogen-bond donors (Lipinski definition) is 1. The van der Waals surface area contributed by atoms with Crippen molar-refractivity contribution in [3.8, 4) is 0 Å². The summed E-state index contributed by atoms with van der Waals surface area (Å²) in [7, 11) is 0. The second-order valence-corrected chi connectivity index (χ2v) is 1.61. The molecule has 0 bridgehead atoms. The smallest absolute Gasteiger partial charge is 0.0270 e. The molecule has 0 heterocycles. The van der Waals surface area contributed by atoms with Gasteiger partial charge in [0.2, 0.25) is 0 Å². The molecule has 0 saturated carbocycles. The van der Waals surface area contributed by atoms with Crippen molar-refractivity contribution in [2.75, 3.05) is 0 Å². The lowest BCUT2D eigenvalue weighted by molar-refractivity contribution is 1.31. The molecule has 0 fully saturated rings. The first kappa shape index (κ1) is 11.8. The summed E-state index contributed by atoms with van der Waals surface area (Å²) in [6, 6.07) is 0. The predicted octanol–water partition coefficient (Wildman–Crippen LogP) is 2.62. The lowest BCUT2D eigenvalue weighted by Crippen LogP contribution is -1.94. The number of hydrogen-bond acceptors (Lipinski definition) is 1. The summed E-state index contributed by atoms with van der Waals surface area (Å²) in [5.74, 6) is 0. The van der Waals surface area contributed by atoms with E-state index < -0.39 is 0 Å². The first-order chi connectivity index (χ1) is 4.68. The molecule has 0 aromatic heterocycles. The van der Waals surface area contributed by atoms with Crippen molar-refractivity contribution in [1.82, 2.24) is 0 Å². The van der Waals surface area contributed by atoms with Gasteiger partial charge in [-0.25, -0.2) is 0 Å². The standard InChI is InChI=1S/C7H11N.C2H6/c1-4-5-6(2)7(3)8;1-2/h4-5H,1,3,8H2,2H3;1-2H3/b6-5-;. The third kappa shape index (κ3) is 7.02. The van der Waals surface area contributed by atoms with Crippen molar-refractivity contribution < 1.29 is 0 Å². The Bertz CT molecular complexity index is 132. The van der Waals surface area contributed by atoms with Gasteiger partial charge in [-0.15, -0.1) is 0 Å². The number of nitrogens with two attached hydrogens (primary N) is 1. The molecule has 0 aliphatic rings. The zero-order valence-corrected chi connectivity index (χ0v) is 7.15. The van der Waals surface area contributed by atoms with E-state index in [9.17, 15) is 0 Å². The Morgan fingerprint density at radius 3 is 1.90 bits per heavy atom. The average molecular weight is 139 g/mol. The van der Waals surface area contributed by atoms with Crippen molar-refractivity contribution in [1.29, 1.82) is 0 Å². The Kier molecular flexibility index (Phi) is 9.44. The second-order valence-electron chi connectivity index (χ2n) is 1.61. The maximum Gasteiger partial charge on any atom is 0.0270 e. The Morgan fingerprint density at radius 1 is 1.40 bits per heavy atom. The summed E-state index contributed by atoms with van der Waals surface area (Å²) >= 11 is 0. The molecule has 0 radical (unpaired) electrons. The van der Waals surface area contributed by atoms with E-state index in [1.165, 1.54) is 0 Å². The Labute approximate surface area is 63.9 Å². The van der Waals surface area contributed by atoms with E-state index in [-0.39, 0.29) is 0 Å². The van der Waals surface area contributed by atoms with Gasteiger partial charge < -0.3 is 5.73 Å². The Morgan fingerprint density at radius 2 is 1.80 bits per heavy atom. The zero-order valence-electron chi connectivity index (χ0n) is 7.15. The third-order valence-electron chi connectivity index (χ3n) is 0.874. The van der Waals surface area contributed by atoms with Gasteiger partial charge >= 0.3 is 0 Å². The highest BCUT2D eigenvalue weighted by molar-refractivity contribution is 5.25. The summed E-state index contributed by atoms with van der Waals surface area (Å²) < 4.78 is 0. The van der Waals surface area contributed by atoms with Crippen LogP contribution in [0.2, 0.25) is 0 Å². The quantitative estimate of drug-likeness (QED) is 0.585. The molecule has 10 heavy (non-hydrogen) atoms. The normalized spacial score (nSPS) is 9.30. The second kappa shape index (κ2) is 8.02. The molecule has 0 saturated heterocycles. The largest absolute Gasteiger partial charge is 0.399 e. The van der Waals surface area contributed by atoms with Crippen LogP contribution < -0.4 is 5.73 Å².